The molecule has 1 fully saturated rings. The monoisotopic (exact) mass is 289 g/mol. The average molecular weight is 289 g/mol. The van der Waals surface area contributed by atoms with E-state index in [9.17, 15) is 0 Å². The van der Waals surface area contributed by atoms with Gasteiger partial charge in [-0.3, -0.25) is 0 Å². The van der Waals surface area contributed by atoms with Gasteiger partial charge in [0.15, 0.2) is 0 Å². The summed E-state index contributed by atoms with van der Waals surface area (Å²) in [6.45, 7) is 7.06. The molecular weight excluding hydrogens is 258 g/mol. The van der Waals surface area contributed by atoms with E-state index in [0.29, 0.717) is 12.1 Å². The summed E-state index contributed by atoms with van der Waals surface area (Å²) in [6.07, 6.45) is 6.62. The lowest BCUT2D eigenvalue weighted by molar-refractivity contribution is 0.194. The summed E-state index contributed by atoms with van der Waals surface area (Å²) in [5, 5.41) is 3.90. The molecule has 0 spiro atoms. The number of nitrogens with one attached hydrogen (secondary N) is 1. The molecule has 0 aromatic heterocycles. The van der Waals surface area contributed by atoms with Crippen LogP contribution >= 0.6 is 0 Å². The molecular formula is C19H31NO. The average Bonchev–Trinajstić information content (AvgIpc) is 2.48. The molecule has 1 aromatic rings. The molecule has 2 nitrogen and oxygen atoms in total. The quantitative estimate of drug-likeness (QED) is 0.836. The molecule has 21 heavy (non-hydrogen) atoms. The lowest BCUT2D eigenvalue weighted by Crippen LogP contribution is -2.45. The van der Waals surface area contributed by atoms with Gasteiger partial charge in [-0.25, -0.2) is 0 Å². The van der Waals surface area contributed by atoms with E-state index in [4.69, 9.17) is 4.74 Å². The van der Waals surface area contributed by atoms with Gasteiger partial charge in [0.05, 0.1) is 7.11 Å². The molecule has 3 atom stereocenters. The van der Waals surface area contributed by atoms with E-state index in [-0.39, 0.29) is 0 Å². The van der Waals surface area contributed by atoms with Gasteiger partial charge >= 0.3 is 0 Å². The number of hydrogen-bond donors (Lipinski definition) is 1. The lowest BCUT2D eigenvalue weighted by atomic mass is 9.77. The number of ether oxygens (including phenoxy) is 1. The van der Waals surface area contributed by atoms with Crippen LogP contribution in [0, 0.1) is 11.8 Å². The van der Waals surface area contributed by atoms with Gasteiger partial charge in [-0.1, -0.05) is 38.8 Å². The first-order valence-electron chi connectivity index (χ1n) is 8.49. The summed E-state index contributed by atoms with van der Waals surface area (Å²) in [5.74, 6) is 2.57. The third kappa shape index (κ3) is 4.74. The van der Waals surface area contributed by atoms with Crippen LogP contribution < -0.4 is 10.1 Å². The zero-order valence-corrected chi connectivity index (χ0v) is 14.1. The Morgan fingerprint density at radius 3 is 2.38 bits per heavy atom. The zero-order valence-electron chi connectivity index (χ0n) is 14.1. The second-order valence-electron chi connectivity index (χ2n) is 6.92. The topological polar surface area (TPSA) is 21.3 Å². The highest BCUT2D eigenvalue weighted by Crippen LogP contribution is 2.30. The maximum Gasteiger partial charge on any atom is 0.118 e. The molecule has 0 heterocycles. The van der Waals surface area contributed by atoms with Crippen LogP contribution in [0.4, 0.5) is 0 Å². The number of benzene rings is 1. The Bertz CT molecular complexity index is 412. The Morgan fingerprint density at radius 1 is 1.10 bits per heavy atom. The molecule has 1 aliphatic rings. The van der Waals surface area contributed by atoms with Crippen LogP contribution in [0.2, 0.25) is 0 Å². The molecule has 1 aliphatic carbocycles. The second kappa shape index (κ2) is 7.84. The molecule has 0 radical (unpaired) electrons. The first-order valence-corrected chi connectivity index (χ1v) is 8.49. The van der Waals surface area contributed by atoms with Gasteiger partial charge in [0.25, 0.3) is 0 Å². The van der Waals surface area contributed by atoms with Crippen LogP contribution in [-0.2, 0) is 6.42 Å². The molecule has 0 amide bonds. The first kappa shape index (κ1) is 16.4. The Labute approximate surface area is 130 Å². The summed E-state index contributed by atoms with van der Waals surface area (Å²) < 4.78 is 5.22. The largest absolute Gasteiger partial charge is 0.497 e. The second-order valence-corrected chi connectivity index (χ2v) is 6.92. The Kier molecular flexibility index (Phi) is 6.10. The smallest absolute Gasteiger partial charge is 0.118 e. The van der Waals surface area contributed by atoms with Crippen LogP contribution in [0.25, 0.3) is 0 Å². The Morgan fingerprint density at radius 2 is 1.76 bits per heavy atom. The van der Waals surface area contributed by atoms with Crippen molar-refractivity contribution in [2.45, 2.75) is 65.0 Å². The fourth-order valence-electron chi connectivity index (χ4n) is 3.70. The van der Waals surface area contributed by atoms with E-state index in [1.54, 1.807) is 7.11 Å². The van der Waals surface area contributed by atoms with Crippen LogP contribution in [0.5, 0.6) is 5.75 Å². The SMILES string of the molecule is COc1ccc(CC(C)NC2CCCCC2C(C)C)cc1. The minimum Gasteiger partial charge on any atom is -0.497 e. The highest BCUT2D eigenvalue weighted by molar-refractivity contribution is 5.27. The van der Waals surface area contributed by atoms with Gasteiger partial charge in [-0.15, -0.1) is 0 Å². The molecule has 2 rings (SSSR count). The molecule has 3 unspecified atom stereocenters. The third-order valence-corrected chi connectivity index (χ3v) is 4.88. The molecule has 0 saturated heterocycles. The van der Waals surface area contributed by atoms with E-state index in [2.05, 4.69) is 50.4 Å². The van der Waals surface area contributed by atoms with Crippen molar-refractivity contribution in [2.24, 2.45) is 11.8 Å². The molecule has 1 N–H and O–H groups in total. The molecule has 0 aliphatic heterocycles. The van der Waals surface area contributed by atoms with Gasteiger partial charge in [0, 0.05) is 12.1 Å². The zero-order chi connectivity index (χ0) is 15.2. The summed E-state index contributed by atoms with van der Waals surface area (Å²) in [7, 11) is 1.72. The summed E-state index contributed by atoms with van der Waals surface area (Å²) in [4.78, 5) is 0. The molecule has 1 aromatic carbocycles. The van der Waals surface area contributed by atoms with Gasteiger partial charge in [-0.2, -0.15) is 0 Å². The summed E-state index contributed by atoms with van der Waals surface area (Å²) >= 11 is 0. The van der Waals surface area contributed by atoms with Crippen molar-refractivity contribution in [3.05, 3.63) is 29.8 Å². The molecule has 118 valence electrons. The maximum atomic E-state index is 5.22. The minimum absolute atomic E-state index is 0.530. The molecule has 0 bridgehead atoms. The standard InChI is InChI=1S/C19H31NO/c1-14(2)18-7-5-6-8-19(18)20-15(3)13-16-9-11-17(21-4)12-10-16/h9-12,14-15,18-20H,5-8,13H2,1-4H3. The van der Waals surface area contributed by atoms with Crippen molar-refractivity contribution in [1.29, 1.82) is 0 Å². The van der Waals surface area contributed by atoms with Crippen LogP contribution in [0.3, 0.4) is 0 Å². The minimum atomic E-state index is 0.530. The van der Waals surface area contributed by atoms with Crippen molar-refractivity contribution in [3.63, 3.8) is 0 Å². The van der Waals surface area contributed by atoms with Crippen molar-refractivity contribution in [2.75, 3.05) is 7.11 Å². The number of hydrogen-bond acceptors (Lipinski definition) is 2. The Hall–Kier alpha value is -1.02. The number of methoxy groups -OCH3 is 1. The first-order chi connectivity index (χ1) is 10.1. The molecule has 2 heteroatoms. The van der Waals surface area contributed by atoms with Crippen molar-refractivity contribution >= 4 is 0 Å². The van der Waals surface area contributed by atoms with Gasteiger partial charge in [-0.05, 0) is 55.7 Å². The predicted octanol–water partition coefficient (Wildman–Crippen LogP) is 4.43. The van der Waals surface area contributed by atoms with E-state index >= 15 is 0 Å². The fraction of sp³-hybridized carbons (Fsp3) is 0.684. The van der Waals surface area contributed by atoms with Crippen LogP contribution in [0.15, 0.2) is 24.3 Å². The summed E-state index contributed by atoms with van der Waals surface area (Å²) in [6, 6.07) is 9.70. The van der Waals surface area contributed by atoms with Gasteiger partial charge in [0.1, 0.15) is 5.75 Å². The van der Waals surface area contributed by atoms with Gasteiger partial charge in [0.2, 0.25) is 0 Å². The van der Waals surface area contributed by atoms with Gasteiger partial charge < -0.3 is 10.1 Å². The normalized spacial score (nSPS) is 24.0. The lowest BCUT2D eigenvalue weighted by Gasteiger charge is -2.37. The Balaban J connectivity index is 1.88. The van der Waals surface area contributed by atoms with E-state index < -0.39 is 0 Å². The van der Waals surface area contributed by atoms with Crippen molar-refractivity contribution < 1.29 is 4.74 Å². The van der Waals surface area contributed by atoms with Crippen LogP contribution in [-0.4, -0.2) is 19.2 Å². The number of rotatable bonds is 6. The maximum absolute atomic E-state index is 5.22. The predicted molar refractivity (Wildman–Crippen MR) is 89.9 cm³/mol. The van der Waals surface area contributed by atoms with Crippen molar-refractivity contribution in [3.8, 4) is 5.75 Å². The highest BCUT2D eigenvalue weighted by atomic mass is 16.5. The van der Waals surface area contributed by atoms with Crippen LogP contribution in [0.1, 0.15) is 52.0 Å². The fourth-order valence-corrected chi connectivity index (χ4v) is 3.70. The summed E-state index contributed by atoms with van der Waals surface area (Å²) in [5.41, 5.74) is 1.38. The van der Waals surface area contributed by atoms with E-state index in [1.165, 1.54) is 31.2 Å². The van der Waals surface area contributed by atoms with E-state index in [1.807, 2.05) is 0 Å². The molecule has 1 saturated carbocycles. The van der Waals surface area contributed by atoms with Crippen molar-refractivity contribution in [1.82, 2.24) is 5.32 Å². The van der Waals surface area contributed by atoms with E-state index in [0.717, 1.165) is 24.0 Å². The highest BCUT2D eigenvalue weighted by Gasteiger charge is 2.28. The third-order valence-electron chi connectivity index (χ3n) is 4.88.